The lowest BCUT2D eigenvalue weighted by Crippen LogP contribution is -2.60. The molecule has 0 amide bonds. The van der Waals surface area contributed by atoms with E-state index in [1.54, 1.807) is 0 Å². The van der Waals surface area contributed by atoms with Crippen molar-refractivity contribution < 1.29 is 79.0 Å². The number of halogens is 18. The van der Waals surface area contributed by atoms with Crippen molar-refractivity contribution in [2.24, 2.45) is 0 Å². The van der Waals surface area contributed by atoms with Gasteiger partial charge in [0.15, 0.2) is 0 Å². The molecule has 0 saturated carbocycles. The average Bonchev–Trinajstić information content (AvgIpc) is 2.69. The standard InChI is InChI=1S/C18H12F18/c1-2-3-5-8-9(11(19,20)13(23,24)15(27,28)17(31,32)33)6-4-7-10(8)12(21,22)14(25,26)16(29,30)18(34,35)36/h4,6-7H,2-3,5H2,1H3. The Morgan fingerprint density at radius 1 is 0.500 bits per heavy atom. The second-order valence-corrected chi connectivity index (χ2v) is 7.38. The predicted octanol–water partition coefficient (Wildman–Crippen LogP) is 8.88. The van der Waals surface area contributed by atoms with Gasteiger partial charge in [-0.15, -0.1) is 0 Å². The molecule has 1 aromatic carbocycles. The molecule has 0 N–H and O–H groups in total. The monoisotopic (exact) mass is 570 g/mol. The number of alkyl halides is 18. The van der Waals surface area contributed by atoms with Crippen LogP contribution in [0.4, 0.5) is 79.0 Å². The molecule has 0 aliphatic rings. The van der Waals surface area contributed by atoms with E-state index in [2.05, 4.69) is 0 Å². The molecule has 0 aromatic heterocycles. The van der Waals surface area contributed by atoms with E-state index in [4.69, 9.17) is 0 Å². The summed E-state index contributed by atoms with van der Waals surface area (Å²) >= 11 is 0. The van der Waals surface area contributed by atoms with Crippen LogP contribution < -0.4 is 0 Å². The molecule has 0 unspecified atom stereocenters. The highest BCUT2D eigenvalue weighted by Gasteiger charge is 2.84. The van der Waals surface area contributed by atoms with Crippen molar-refractivity contribution >= 4 is 0 Å². The zero-order valence-electron chi connectivity index (χ0n) is 17.2. The Kier molecular flexibility index (Phi) is 8.05. The van der Waals surface area contributed by atoms with E-state index >= 15 is 0 Å². The third kappa shape index (κ3) is 4.56. The molecule has 0 saturated heterocycles. The van der Waals surface area contributed by atoms with Gasteiger partial charge in [-0.05, 0) is 18.4 Å². The van der Waals surface area contributed by atoms with E-state index in [-0.39, 0.29) is 12.5 Å². The smallest absolute Gasteiger partial charge is 0.194 e. The Morgan fingerprint density at radius 2 is 0.806 bits per heavy atom. The average molecular weight is 570 g/mol. The molecule has 0 spiro atoms. The Balaban J connectivity index is 4.02. The molecule has 0 nitrogen and oxygen atoms in total. The molecule has 18 heteroatoms. The molecule has 1 rings (SSSR count). The number of hydrogen-bond acceptors (Lipinski definition) is 0. The fourth-order valence-electron chi connectivity index (χ4n) is 2.89. The lowest BCUT2D eigenvalue weighted by molar-refractivity contribution is -0.400. The Bertz CT molecular complexity index is 853. The van der Waals surface area contributed by atoms with Crippen LogP contribution in [0.1, 0.15) is 36.5 Å². The third-order valence-electron chi connectivity index (χ3n) is 4.92. The minimum absolute atomic E-state index is 0.297. The van der Waals surface area contributed by atoms with E-state index in [1.807, 2.05) is 0 Å². The van der Waals surface area contributed by atoms with E-state index in [9.17, 15) is 79.0 Å². The van der Waals surface area contributed by atoms with Crippen molar-refractivity contribution in [3.05, 3.63) is 34.9 Å². The van der Waals surface area contributed by atoms with E-state index < -0.39 is 89.6 Å². The highest BCUT2D eigenvalue weighted by atomic mass is 19.4. The predicted molar refractivity (Wildman–Crippen MR) is 84.7 cm³/mol. The molecule has 210 valence electrons. The van der Waals surface area contributed by atoms with Crippen molar-refractivity contribution in [1.29, 1.82) is 0 Å². The first-order chi connectivity index (χ1) is 15.7. The number of benzene rings is 1. The minimum Gasteiger partial charge on any atom is -0.194 e. The number of unbranched alkanes of at least 4 members (excludes halogenated alkanes) is 1. The molecule has 0 fully saturated rings. The van der Waals surface area contributed by atoms with Gasteiger partial charge in [-0.1, -0.05) is 31.5 Å². The van der Waals surface area contributed by atoms with E-state index in [0.717, 1.165) is 6.92 Å². The summed E-state index contributed by atoms with van der Waals surface area (Å²) in [7, 11) is 0. The Morgan fingerprint density at radius 3 is 1.06 bits per heavy atom. The molecular formula is C18H12F18. The molecule has 0 heterocycles. The highest BCUT2D eigenvalue weighted by molar-refractivity contribution is 5.43. The van der Waals surface area contributed by atoms with Gasteiger partial charge in [-0.25, -0.2) is 0 Å². The quantitative estimate of drug-likeness (QED) is 0.260. The second kappa shape index (κ2) is 9.06. The number of hydrogen-bond donors (Lipinski definition) is 0. The van der Waals surface area contributed by atoms with Crippen molar-refractivity contribution in [3.63, 3.8) is 0 Å². The van der Waals surface area contributed by atoms with Crippen LogP contribution >= 0.6 is 0 Å². The highest BCUT2D eigenvalue weighted by Crippen LogP contribution is 2.60. The van der Waals surface area contributed by atoms with Crippen LogP contribution in [0.2, 0.25) is 0 Å². The van der Waals surface area contributed by atoms with Gasteiger partial charge in [0.05, 0.1) is 0 Å². The van der Waals surface area contributed by atoms with Crippen LogP contribution in [-0.4, -0.2) is 36.0 Å². The molecule has 0 radical (unpaired) electrons. The second-order valence-electron chi connectivity index (χ2n) is 7.38. The van der Waals surface area contributed by atoms with E-state index in [0.29, 0.717) is 0 Å². The summed E-state index contributed by atoms with van der Waals surface area (Å²) in [5, 5.41) is 0. The fraction of sp³-hybridized carbons (Fsp3) is 0.667. The van der Waals surface area contributed by atoms with Gasteiger partial charge >= 0.3 is 47.9 Å². The molecule has 0 bridgehead atoms. The van der Waals surface area contributed by atoms with Gasteiger partial charge < -0.3 is 0 Å². The largest absolute Gasteiger partial charge is 0.460 e. The SMILES string of the molecule is CCCCc1c(C(F)(F)C(F)(F)C(F)(F)C(F)(F)F)cccc1C(F)(F)C(F)(F)C(F)(F)C(F)(F)F. The summed E-state index contributed by atoms with van der Waals surface area (Å²) in [6.07, 6.45) is -17.3. The molecule has 36 heavy (non-hydrogen) atoms. The van der Waals surface area contributed by atoms with Crippen molar-refractivity contribution in [3.8, 4) is 0 Å². The van der Waals surface area contributed by atoms with Crippen LogP contribution in [0.5, 0.6) is 0 Å². The lowest BCUT2D eigenvalue weighted by Gasteiger charge is -2.37. The summed E-state index contributed by atoms with van der Waals surface area (Å²) in [6.45, 7) is 1.12. The number of rotatable bonds is 9. The summed E-state index contributed by atoms with van der Waals surface area (Å²) in [6, 6.07) is -1.22. The Labute approximate surface area is 189 Å². The zero-order chi connectivity index (χ0) is 29.0. The molecule has 0 aliphatic heterocycles. The van der Waals surface area contributed by atoms with Gasteiger partial charge in [0.2, 0.25) is 0 Å². The minimum atomic E-state index is -7.54. The maximum absolute atomic E-state index is 14.4. The van der Waals surface area contributed by atoms with Crippen molar-refractivity contribution in [2.45, 2.75) is 74.1 Å². The summed E-state index contributed by atoms with van der Waals surface area (Å²) in [5.41, 5.74) is -7.93. The van der Waals surface area contributed by atoms with Crippen LogP contribution in [-0.2, 0) is 18.3 Å². The maximum Gasteiger partial charge on any atom is 0.460 e. The van der Waals surface area contributed by atoms with Crippen LogP contribution in [0.25, 0.3) is 0 Å². The first-order valence-corrected chi connectivity index (χ1v) is 9.21. The Hall–Kier alpha value is -2.04. The summed E-state index contributed by atoms with van der Waals surface area (Å²) in [5.74, 6) is -43.6. The van der Waals surface area contributed by atoms with Gasteiger partial charge in [-0.2, -0.15) is 79.0 Å². The third-order valence-corrected chi connectivity index (χ3v) is 4.92. The van der Waals surface area contributed by atoms with Crippen molar-refractivity contribution in [2.75, 3.05) is 0 Å². The van der Waals surface area contributed by atoms with Crippen LogP contribution in [0.3, 0.4) is 0 Å². The van der Waals surface area contributed by atoms with E-state index in [1.165, 1.54) is 0 Å². The van der Waals surface area contributed by atoms with Crippen LogP contribution in [0, 0.1) is 0 Å². The van der Waals surface area contributed by atoms with Gasteiger partial charge in [0.25, 0.3) is 0 Å². The molecule has 0 atom stereocenters. The fourth-order valence-corrected chi connectivity index (χ4v) is 2.89. The van der Waals surface area contributed by atoms with Gasteiger partial charge in [0.1, 0.15) is 0 Å². The summed E-state index contributed by atoms with van der Waals surface area (Å²) in [4.78, 5) is 0. The molecule has 0 aliphatic carbocycles. The van der Waals surface area contributed by atoms with Crippen molar-refractivity contribution in [1.82, 2.24) is 0 Å². The first-order valence-electron chi connectivity index (χ1n) is 9.21. The topological polar surface area (TPSA) is 0 Å². The first kappa shape index (κ1) is 32.0. The van der Waals surface area contributed by atoms with Gasteiger partial charge in [-0.3, -0.25) is 0 Å². The van der Waals surface area contributed by atoms with Crippen LogP contribution in [0.15, 0.2) is 18.2 Å². The maximum atomic E-state index is 14.4. The normalized spacial score (nSPS) is 15.4. The van der Waals surface area contributed by atoms with Gasteiger partial charge in [0, 0.05) is 11.1 Å². The zero-order valence-corrected chi connectivity index (χ0v) is 17.2. The molecular weight excluding hydrogens is 558 g/mol. The lowest BCUT2D eigenvalue weighted by atomic mass is 9.84. The summed E-state index contributed by atoms with van der Waals surface area (Å²) < 4.78 is 240. The molecule has 1 aromatic rings.